The van der Waals surface area contributed by atoms with E-state index in [1.807, 2.05) is 25.7 Å². The van der Waals surface area contributed by atoms with Crippen molar-refractivity contribution in [2.45, 2.75) is 83.0 Å². The molecule has 148 valence electrons. The van der Waals surface area contributed by atoms with Gasteiger partial charge in [0.05, 0.1) is 24.7 Å². The molecule has 0 aromatic heterocycles. The van der Waals surface area contributed by atoms with Crippen LogP contribution in [0.1, 0.15) is 33.6 Å². The average molecular weight is 383 g/mol. The third-order valence-electron chi connectivity index (χ3n) is 4.87. The van der Waals surface area contributed by atoms with E-state index in [0.717, 1.165) is 18.9 Å². The van der Waals surface area contributed by atoms with Crippen LogP contribution in [0.5, 0.6) is 0 Å². The average Bonchev–Trinajstić information content (AvgIpc) is 2.79. The molecule has 0 radical (unpaired) electrons. The molecule has 0 unspecified atom stereocenters. The predicted molar refractivity (Wildman–Crippen MR) is 105 cm³/mol. The van der Waals surface area contributed by atoms with Gasteiger partial charge in [-0.15, -0.1) is 6.58 Å². The van der Waals surface area contributed by atoms with Crippen molar-refractivity contribution in [1.82, 2.24) is 9.80 Å². The smallest absolute Gasteiger partial charge is 0.410 e. The van der Waals surface area contributed by atoms with Crippen molar-refractivity contribution in [2.24, 2.45) is 0 Å². The van der Waals surface area contributed by atoms with Gasteiger partial charge in [0.1, 0.15) is 5.60 Å². The number of nitrogens with zero attached hydrogens (tertiary/aromatic N) is 2. The number of carbonyl (C=O) groups excluding carboxylic acids is 2. The van der Waals surface area contributed by atoms with Crippen LogP contribution in [0.3, 0.4) is 0 Å². The number of amides is 2. The Morgan fingerprint density at radius 2 is 1.85 bits per heavy atom. The highest BCUT2D eigenvalue weighted by atomic mass is 28.3. The maximum absolute atomic E-state index is 12.6. The molecular weight excluding hydrogens is 348 g/mol. The fourth-order valence-corrected chi connectivity index (χ4v) is 4.30. The van der Waals surface area contributed by atoms with Crippen LogP contribution in [-0.4, -0.2) is 66.9 Å². The molecule has 2 saturated heterocycles. The molecule has 2 bridgehead atoms. The van der Waals surface area contributed by atoms with Gasteiger partial charge in [-0.1, -0.05) is 25.7 Å². The van der Waals surface area contributed by atoms with Crippen LogP contribution in [0, 0.1) is 0 Å². The first-order chi connectivity index (χ1) is 11.9. The van der Waals surface area contributed by atoms with Crippen LogP contribution in [0.4, 0.5) is 9.59 Å². The predicted octanol–water partition coefficient (Wildman–Crippen LogP) is 4.10. The van der Waals surface area contributed by atoms with Gasteiger partial charge in [-0.2, -0.15) is 0 Å². The summed E-state index contributed by atoms with van der Waals surface area (Å²) in [5, 5.41) is 0. The van der Waals surface area contributed by atoms with Crippen LogP contribution in [0.15, 0.2) is 12.7 Å². The second-order valence-corrected chi connectivity index (χ2v) is 15.1. The molecule has 7 heteroatoms. The Labute approximate surface area is 158 Å². The maximum Gasteiger partial charge on any atom is 0.410 e. The summed E-state index contributed by atoms with van der Waals surface area (Å²) in [6.07, 6.45) is 2.87. The zero-order valence-corrected chi connectivity index (χ0v) is 18.1. The molecule has 2 rings (SSSR count). The number of likely N-dealkylation sites (tertiary alicyclic amines) is 1. The van der Waals surface area contributed by atoms with Gasteiger partial charge < -0.3 is 9.47 Å². The summed E-state index contributed by atoms with van der Waals surface area (Å²) >= 11 is 0. The number of rotatable bonds is 4. The molecule has 0 aromatic rings. The lowest BCUT2D eigenvalue weighted by atomic mass is 10.0. The van der Waals surface area contributed by atoms with E-state index in [0.29, 0.717) is 13.2 Å². The minimum Gasteiger partial charge on any atom is -0.450 e. The van der Waals surface area contributed by atoms with Crippen LogP contribution in [-0.2, 0) is 9.47 Å². The van der Waals surface area contributed by atoms with E-state index in [4.69, 9.17) is 9.47 Å². The van der Waals surface area contributed by atoms with Gasteiger partial charge in [-0.3, -0.25) is 9.80 Å². The number of fused-ring (bicyclic) bond motifs is 2. The lowest BCUT2D eigenvalue weighted by Gasteiger charge is -2.45. The molecule has 2 amide bonds. The van der Waals surface area contributed by atoms with Crippen molar-refractivity contribution in [2.75, 3.05) is 13.2 Å². The monoisotopic (exact) mass is 382 g/mol. The van der Waals surface area contributed by atoms with Gasteiger partial charge in [0.15, 0.2) is 0 Å². The van der Waals surface area contributed by atoms with E-state index in [9.17, 15) is 9.59 Å². The van der Waals surface area contributed by atoms with Crippen LogP contribution in [0.2, 0.25) is 25.7 Å². The third kappa shape index (κ3) is 5.02. The number of piperazine rings is 1. The summed E-state index contributed by atoms with van der Waals surface area (Å²) in [4.78, 5) is 28.8. The molecule has 0 N–H and O–H groups in total. The Hall–Kier alpha value is -1.50. The first kappa shape index (κ1) is 20.8. The Morgan fingerprint density at radius 3 is 2.38 bits per heavy atom. The number of carbonyl (C=O) groups is 2. The fourth-order valence-electron chi connectivity index (χ4n) is 3.59. The molecule has 2 aliphatic rings. The largest absolute Gasteiger partial charge is 0.450 e. The van der Waals surface area contributed by atoms with E-state index < -0.39 is 13.7 Å². The Balaban J connectivity index is 2.05. The van der Waals surface area contributed by atoms with Gasteiger partial charge in [0.2, 0.25) is 0 Å². The summed E-state index contributed by atoms with van der Waals surface area (Å²) in [5.41, 5.74) is -0.535. The highest BCUT2D eigenvalue weighted by Gasteiger charge is 2.50. The second-order valence-electron chi connectivity index (χ2n) is 9.49. The highest BCUT2D eigenvalue weighted by molar-refractivity contribution is 6.76. The van der Waals surface area contributed by atoms with E-state index in [2.05, 4.69) is 26.2 Å². The molecule has 2 aliphatic heterocycles. The minimum atomic E-state index is -1.25. The molecule has 0 saturated carbocycles. The van der Waals surface area contributed by atoms with Crippen molar-refractivity contribution >= 4 is 20.3 Å². The molecule has 0 aliphatic carbocycles. The van der Waals surface area contributed by atoms with E-state index in [1.54, 1.807) is 11.0 Å². The van der Waals surface area contributed by atoms with Gasteiger partial charge in [-0.25, -0.2) is 9.59 Å². The number of ether oxygens (including phenoxy) is 2. The van der Waals surface area contributed by atoms with Crippen molar-refractivity contribution in [1.29, 1.82) is 0 Å². The van der Waals surface area contributed by atoms with Crippen molar-refractivity contribution in [3.05, 3.63) is 12.7 Å². The topological polar surface area (TPSA) is 59.1 Å². The van der Waals surface area contributed by atoms with Gasteiger partial charge in [0, 0.05) is 14.6 Å². The zero-order valence-electron chi connectivity index (χ0n) is 17.1. The zero-order chi connectivity index (χ0) is 19.7. The summed E-state index contributed by atoms with van der Waals surface area (Å²) < 4.78 is 11.1. The highest BCUT2D eigenvalue weighted by Crippen LogP contribution is 2.36. The lowest BCUT2D eigenvalue weighted by Crippen LogP contribution is -2.62. The van der Waals surface area contributed by atoms with Crippen molar-refractivity contribution in [3.63, 3.8) is 0 Å². The van der Waals surface area contributed by atoms with E-state index >= 15 is 0 Å². The lowest BCUT2D eigenvalue weighted by molar-refractivity contribution is -0.0145. The van der Waals surface area contributed by atoms with Crippen LogP contribution >= 0.6 is 0 Å². The van der Waals surface area contributed by atoms with Crippen LogP contribution in [0.25, 0.3) is 0 Å². The van der Waals surface area contributed by atoms with Crippen molar-refractivity contribution < 1.29 is 19.1 Å². The molecule has 3 atom stereocenters. The molecule has 0 spiro atoms. The summed E-state index contributed by atoms with van der Waals surface area (Å²) in [6, 6.07) is 0.601. The van der Waals surface area contributed by atoms with Crippen molar-refractivity contribution in [3.8, 4) is 0 Å². The van der Waals surface area contributed by atoms with Gasteiger partial charge in [-0.05, 0) is 39.7 Å². The Morgan fingerprint density at radius 1 is 1.19 bits per heavy atom. The number of hydrogen-bond donors (Lipinski definition) is 0. The summed E-state index contributed by atoms with van der Waals surface area (Å²) in [7, 11) is -1.25. The van der Waals surface area contributed by atoms with Gasteiger partial charge in [0.25, 0.3) is 0 Å². The molecule has 6 nitrogen and oxygen atoms in total. The SMILES string of the molecule is C=C[C@H]1[C@@H]2CC[C@H](CN1C(=O)OCC[Si](C)(C)C)N2C(=O)OC(C)(C)C. The minimum absolute atomic E-state index is 0.0180. The maximum atomic E-state index is 12.6. The van der Waals surface area contributed by atoms with Gasteiger partial charge >= 0.3 is 12.2 Å². The second kappa shape index (κ2) is 7.62. The summed E-state index contributed by atoms with van der Waals surface area (Å²) in [6.45, 7) is 17.2. The number of hydrogen-bond acceptors (Lipinski definition) is 4. The first-order valence-electron chi connectivity index (χ1n) is 9.50. The molecule has 2 heterocycles. The molecule has 26 heavy (non-hydrogen) atoms. The normalized spacial score (nSPS) is 25.8. The van der Waals surface area contributed by atoms with E-state index in [-0.39, 0.29) is 30.3 Å². The first-order valence-corrected chi connectivity index (χ1v) is 13.2. The third-order valence-corrected chi connectivity index (χ3v) is 6.57. The van der Waals surface area contributed by atoms with E-state index in [1.165, 1.54) is 0 Å². The van der Waals surface area contributed by atoms with Crippen LogP contribution < -0.4 is 0 Å². The molecule has 0 aromatic carbocycles. The quantitative estimate of drug-likeness (QED) is 0.542. The standard InChI is InChI=1S/C19H34N2O4Si/c1-8-15-16-10-9-14(21(16)18(23)25-19(2,3)4)13-20(15)17(22)24-11-12-26(5,6)7/h8,14-16H,1,9-13H2,2-7H3/t14-,15+,16+/m1/s1. The Kier molecular flexibility index (Phi) is 6.10. The molecule has 2 fully saturated rings. The summed E-state index contributed by atoms with van der Waals surface area (Å²) in [5.74, 6) is 0. The Bertz CT molecular complexity index is 553. The fraction of sp³-hybridized carbons (Fsp3) is 0.789. The molecular formula is C19H34N2O4Si.